The van der Waals surface area contributed by atoms with E-state index < -0.39 is 0 Å². The van der Waals surface area contributed by atoms with Crippen molar-refractivity contribution in [3.05, 3.63) is 0 Å². The highest BCUT2D eigenvalue weighted by Crippen LogP contribution is 1.92. The van der Waals surface area contributed by atoms with Crippen LogP contribution in [0.25, 0.3) is 0 Å². The van der Waals surface area contributed by atoms with Gasteiger partial charge in [0.1, 0.15) is 0 Å². The Balaban J connectivity index is 3.60. The molecule has 0 rings (SSSR count). The van der Waals surface area contributed by atoms with Crippen LogP contribution in [-0.4, -0.2) is 36.2 Å². The van der Waals surface area contributed by atoms with Gasteiger partial charge < -0.3 is 10.6 Å². The molecule has 0 unspecified atom stereocenters. The van der Waals surface area contributed by atoms with Crippen LogP contribution < -0.4 is 5.73 Å². The molecule has 4 heteroatoms. The fourth-order valence-electron chi connectivity index (χ4n) is 0.830. The van der Waals surface area contributed by atoms with Crippen LogP contribution in [0.5, 0.6) is 0 Å². The van der Waals surface area contributed by atoms with Gasteiger partial charge in [-0.3, -0.25) is 4.79 Å². The lowest BCUT2D eigenvalue weighted by Crippen LogP contribution is -2.32. The fourth-order valence-corrected chi connectivity index (χ4v) is 1.07. The Kier molecular flexibility index (Phi) is 6.36. The molecule has 0 aromatic carbocycles. The van der Waals surface area contributed by atoms with E-state index in [0.29, 0.717) is 12.3 Å². The number of hydrogen-bond acceptors (Lipinski definition) is 3. The molecule has 0 aromatic heterocycles. The van der Waals surface area contributed by atoms with Gasteiger partial charge in [-0.05, 0) is 13.0 Å². The highest BCUT2D eigenvalue weighted by molar-refractivity contribution is 7.80. The standard InChI is InChI=1S/C7H16N2OS/c1-7(10)9(5-6-11)4-2-3-8/h11H,2-6,8H2,1H3. The second-order valence-corrected chi connectivity index (χ2v) is 2.82. The molecular formula is C7H16N2OS. The first-order valence-corrected chi connectivity index (χ1v) is 4.42. The number of carbonyl (C=O) groups excluding carboxylic acids is 1. The molecule has 0 aliphatic rings. The lowest BCUT2D eigenvalue weighted by atomic mass is 10.4. The number of hydrogen-bond donors (Lipinski definition) is 2. The molecular weight excluding hydrogens is 160 g/mol. The first kappa shape index (κ1) is 10.8. The fraction of sp³-hybridized carbons (Fsp3) is 0.857. The maximum atomic E-state index is 10.9. The second kappa shape index (κ2) is 6.49. The molecule has 0 bridgehead atoms. The molecule has 0 aromatic rings. The van der Waals surface area contributed by atoms with E-state index in [4.69, 9.17) is 5.73 Å². The molecule has 0 heterocycles. The topological polar surface area (TPSA) is 46.3 Å². The van der Waals surface area contributed by atoms with Crippen molar-refractivity contribution in [1.82, 2.24) is 4.90 Å². The van der Waals surface area contributed by atoms with Gasteiger partial charge in [0.15, 0.2) is 0 Å². The van der Waals surface area contributed by atoms with Gasteiger partial charge >= 0.3 is 0 Å². The van der Waals surface area contributed by atoms with E-state index in [9.17, 15) is 4.79 Å². The van der Waals surface area contributed by atoms with E-state index in [2.05, 4.69) is 12.6 Å². The van der Waals surface area contributed by atoms with Gasteiger partial charge in [0, 0.05) is 25.8 Å². The Morgan fingerprint density at radius 2 is 2.18 bits per heavy atom. The van der Waals surface area contributed by atoms with Gasteiger partial charge in [-0.25, -0.2) is 0 Å². The van der Waals surface area contributed by atoms with Crippen LogP contribution in [0.3, 0.4) is 0 Å². The van der Waals surface area contributed by atoms with Crippen molar-refractivity contribution in [3.8, 4) is 0 Å². The summed E-state index contributed by atoms with van der Waals surface area (Å²) in [6.45, 7) is 3.68. The number of rotatable bonds is 5. The molecule has 0 saturated heterocycles. The lowest BCUT2D eigenvalue weighted by Gasteiger charge is -2.19. The third kappa shape index (κ3) is 5.09. The van der Waals surface area contributed by atoms with Crippen LogP contribution >= 0.6 is 12.6 Å². The molecule has 0 aliphatic carbocycles. The van der Waals surface area contributed by atoms with Gasteiger partial charge in [-0.1, -0.05) is 0 Å². The van der Waals surface area contributed by atoms with Crippen LogP contribution in [0.4, 0.5) is 0 Å². The maximum absolute atomic E-state index is 10.9. The number of nitrogens with two attached hydrogens (primary N) is 1. The molecule has 11 heavy (non-hydrogen) atoms. The predicted octanol–water partition coefficient (Wildman–Crippen LogP) is 0.114. The van der Waals surface area contributed by atoms with E-state index in [1.165, 1.54) is 0 Å². The Hall–Kier alpha value is -0.220. The summed E-state index contributed by atoms with van der Waals surface area (Å²) in [6, 6.07) is 0. The summed E-state index contributed by atoms with van der Waals surface area (Å²) >= 11 is 4.05. The highest BCUT2D eigenvalue weighted by atomic mass is 32.1. The predicted molar refractivity (Wildman–Crippen MR) is 49.8 cm³/mol. The third-order valence-electron chi connectivity index (χ3n) is 1.45. The Labute approximate surface area is 73.3 Å². The molecule has 66 valence electrons. The summed E-state index contributed by atoms with van der Waals surface area (Å²) in [5, 5.41) is 0. The molecule has 0 atom stereocenters. The zero-order chi connectivity index (χ0) is 8.69. The van der Waals surface area contributed by atoms with Crippen molar-refractivity contribution >= 4 is 18.5 Å². The van der Waals surface area contributed by atoms with Crippen molar-refractivity contribution < 1.29 is 4.79 Å². The summed E-state index contributed by atoms with van der Waals surface area (Å²) in [7, 11) is 0. The maximum Gasteiger partial charge on any atom is 0.219 e. The Morgan fingerprint density at radius 3 is 2.55 bits per heavy atom. The summed E-state index contributed by atoms with van der Waals surface area (Å²) in [5.74, 6) is 0.817. The molecule has 0 spiro atoms. The summed E-state index contributed by atoms with van der Waals surface area (Å²) in [4.78, 5) is 12.7. The number of amides is 1. The molecule has 0 saturated carbocycles. The van der Waals surface area contributed by atoms with Gasteiger partial charge in [-0.15, -0.1) is 0 Å². The zero-order valence-corrected chi connectivity index (χ0v) is 7.81. The summed E-state index contributed by atoms with van der Waals surface area (Å²) in [6.07, 6.45) is 0.868. The average Bonchev–Trinajstić information content (AvgIpc) is 1.97. The summed E-state index contributed by atoms with van der Waals surface area (Å²) in [5.41, 5.74) is 5.32. The van der Waals surface area contributed by atoms with E-state index in [-0.39, 0.29) is 5.91 Å². The van der Waals surface area contributed by atoms with Crippen LogP contribution in [0.1, 0.15) is 13.3 Å². The van der Waals surface area contributed by atoms with Crippen LogP contribution in [-0.2, 0) is 4.79 Å². The first-order valence-electron chi connectivity index (χ1n) is 3.78. The van der Waals surface area contributed by atoms with Crippen molar-refractivity contribution in [2.45, 2.75) is 13.3 Å². The second-order valence-electron chi connectivity index (χ2n) is 2.37. The van der Waals surface area contributed by atoms with E-state index in [1.807, 2.05) is 0 Å². The normalized spacial score (nSPS) is 9.73. The smallest absolute Gasteiger partial charge is 0.219 e. The minimum atomic E-state index is 0.104. The first-order chi connectivity index (χ1) is 5.22. The molecule has 1 amide bonds. The van der Waals surface area contributed by atoms with E-state index in [1.54, 1.807) is 11.8 Å². The highest BCUT2D eigenvalue weighted by Gasteiger charge is 2.04. The Bertz CT molecular complexity index is 119. The minimum absolute atomic E-state index is 0.104. The molecule has 2 N–H and O–H groups in total. The SMILES string of the molecule is CC(=O)N(CCS)CCCN. The third-order valence-corrected chi connectivity index (χ3v) is 1.65. The van der Waals surface area contributed by atoms with Gasteiger partial charge in [0.2, 0.25) is 5.91 Å². The lowest BCUT2D eigenvalue weighted by molar-refractivity contribution is -0.128. The Morgan fingerprint density at radius 1 is 1.55 bits per heavy atom. The minimum Gasteiger partial charge on any atom is -0.342 e. The largest absolute Gasteiger partial charge is 0.342 e. The van der Waals surface area contributed by atoms with Crippen LogP contribution in [0, 0.1) is 0 Å². The van der Waals surface area contributed by atoms with E-state index >= 15 is 0 Å². The van der Waals surface area contributed by atoms with E-state index in [0.717, 1.165) is 19.5 Å². The van der Waals surface area contributed by atoms with Crippen LogP contribution in [0.2, 0.25) is 0 Å². The van der Waals surface area contributed by atoms with Crippen molar-refractivity contribution in [1.29, 1.82) is 0 Å². The van der Waals surface area contributed by atoms with Gasteiger partial charge in [-0.2, -0.15) is 12.6 Å². The van der Waals surface area contributed by atoms with Crippen molar-refractivity contribution in [3.63, 3.8) is 0 Å². The number of carbonyl (C=O) groups is 1. The molecule has 0 aliphatic heterocycles. The zero-order valence-electron chi connectivity index (χ0n) is 6.92. The molecule has 3 nitrogen and oxygen atoms in total. The summed E-state index contributed by atoms with van der Waals surface area (Å²) < 4.78 is 0. The van der Waals surface area contributed by atoms with Gasteiger partial charge in [0.05, 0.1) is 0 Å². The van der Waals surface area contributed by atoms with Crippen LogP contribution in [0.15, 0.2) is 0 Å². The monoisotopic (exact) mass is 176 g/mol. The number of thiol groups is 1. The van der Waals surface area contributed by atoms with Crippen molar-refractivity contribution in [2.24, 2.45) is 5.73 Å². The van der Waals surface area contributed by atoms with Gasteiger partial charge in [0.25, 0.3) is 0 Å². The van der Waals surface area contributed by atoms with Crippen molar-refractivity contribution in [2.75, 3.05) is 25.4 Å². The molecule has 0 radical (unpaired) electrons. The average molecular weight is 176 g/mol. The molecule has 0 fully saturated rings. The number of nitrogens with zero attached hydrogens (tertiary/aromatic N) is 1. The quantitative estimate of drug-likeness (QED) is 0.584.